The number of nitrogens with one attached hydrogen (secondary N) is 3. The van der Waals surface area contributed by atoms with E-state index in [1.807, 2.05) is 12.1 Å². The molecule has 2 aliphatic rings. The van der Waals surface area contributed by atoms with Crippen molar-refractivity contribution in [3.8, 4) is 0 Å². The summed E-state index contributed by atoms with van der Waals surface area (Å²) in [6.45, 7) is 2.44. The Bertz CT molecular complexity index is 583. The van der Waals surface area contributed by atoms with E-state index in [1.54, 1.807) is 0 Å². The van der Waals surface area contributed by atoms with Gasteiger partial charge in [0.05, 0.1) is 0 Å². The van der Waals surface area contributed by atoms with E-state index in [0.29, 0.717) is 19.0 Å². The minimum atomic E-state index is -0.250. The van der Waals surface area contributed by atoms with Crippen LogP contribution in [0.25, 0.3) is 0 Å². The van der Waals surface area contributed by atoms with E-state index in [0.717, 1.165) is 25.7 Å². The number of fused-ring (bicyclic) bond motifs is 1. The van der Waals surface area contributed by atoms with Crippen LogP contribution in [0.5, 0.6) is 0 Å². The van der Waals surface area contributed by atoms with Gasteiger partial charge in [0.15, 0.2) is 0 Å². The molecule has 2 aliphatic carbocycles. The van der Waals surface area contributed by atoms with E-state index in [9.17, 15) is 9.59 Å². The molecule has 0 spiro atoms. The lowest BCUT2D eigenvalue weighted by molar-refractivity contribution is -0.121. The molecule has 3 rings (SSSR count). The van der Waals surface area contributed by atoms with Gasteiger partial charge in [0.25, 0.3) is 0 Å². The summed E-state index contributed by atoms with van der Waals surface area (Å²) < 4.78 is 0. The van der Waals surface area contributed by atoms with Crippen LogP contribution < -0.4 is 16.0 Å². The second-order valence-corrected chi connectivity index (χ2v) is 7.36. The molecule has 0 saturated heterocycles. The fourth-order valence-electron chi connectivity index (χ4n) is 3.87. The van der Waals surface area contributed by atoms with E-state index >= 15 is 0 Å². The van der Waals surface area contributed by atoms with Gasteiger partial charge in [-0.2, -0.15) is 0 Å². The molecule has 3 N–H and O–H groups in total. The first-order chi connectivity index (χ1) is 11.5. The number of urea groups is 1. The lowest BCUT2D eigenvalue weighted by atomic mass is 9.99. The van der Waals surface area contributed by atoms with Crippen LogP contribution in [-0.2, 0) is 17.6 Å². The zero-order valence-corrected chi connectivity index (χ0v) is 14.4. The lowest BCUT2D eigenvalue weighted by Gasteiger charge is -2.25. The summed E-state index contributed by atoms with van der Waals surface area (Å²) in [6.07, 6.45) is 6.59. The van der Waals surface area contributed by atoms with Crippen molar-refractivity contribution in [3.05, 3.63) is 35.4 Å². The fraction of sp³-hybridized carbons (Fsp3) is 0.579. The molecule has 0 heterocycles. The quantitative estimate of drug-likeness (QED) is 0.776. The van der Waals surface area contributed by atoms with Crippen LogP contribution in [0.15, 0.2) is 24.3 Å². The van der Waals surface area contributed by atoms with Gasteiger partial charge in [-0.3, -0.25) is 4.79 Å². The third-order valence-corrected chi connectivity index (χ3v) is 5.05. The molecule has 0 aliphatic heterocycles. The minimum absolute atomic E-state index is 0.0293. The SMILES string of the molecule is CC1(NC(=O)NCCC(=O)NC2CCCC2)Cc2ccccc2C1. The summed E-state index contributed by atoms with van der Waals surface area (Å²) in [5.41, 5.74) is 2.35. The van der Waals surface area contributed by atoms with Gasteiger partial charge in [0, 0.05) is 24.5 Å². The smallest absolute Gasteiger partial charge is 0.315 e. The highest BCUT2D eigenvalue weighted by Crippen LogP contribution is 2.29. The van der Waals surface area contributed by atoms with E-state index < -0.39 is 0 Å². The molecular weight excluding hydrogens is 302 g/mol. The maximum absolute atomic E-state index is 12.1. The van der Waals surface area contributed by atoms with Crippen molar-refractivity contribution in [2.75, 3.05) is 6.54 Å². The molecule has 5 heteroatoms. The predicted octanol–water partition coefficient (Wildman–Crippen LogP) is 2.29. The number of amides is 3. The van der Waals surface area contributed by atoms with Crippen LogP contribution >= 0.6 is 0 Å². The maximum Gasteiger partial charge on any atom is 0.315 e. The molecule has 5 nitrogen and oxygen atoms in total. The Hall–Kier alpha value is -2.04. The Morgan fingerprint density at radius 3 is 2.38 bits per heavy atom. The number of hydrogen-bond donors (Lipinski definition) is 3. The van der Waals surface area contributed by atoms with E-state index in [-0.39, 0.29) is 17.5 Å². The van der Waals surface area contributed by atoms with Gasteiger partial charge < -0.3 is 16.0 Å². The molecule has 1 saturated carbocycles. The van der Waals surface area contributed by atoms with Crippen molar-refractivity contribution in [1.82, 2.24) is 16.0 Å². The summed E-state index contributed by atoms with van der Waals surface area (Å²) in [7, 11) is 0. The molecular formula is C19H27N3O2. The third kappa shape index (κ3) is 4.28. The highest BCUT2D eigenvalue weighted by atomic mass is 16.2. The van der Waals surface area contributed by atoms with Crippen molar-refractivity contribution in [2.45, 2.75) is 63.5 Å². The molecule has 3 amide bonds. The van der Waals surface area contributed by atoms with Gasteiger partial charge >= 0.3 is 6.03 Å². The summed E-state index contributed by atoms with van der Waals surface area (Å²) in [6, 6.07) is 8.45. The summed E-state index contributed by atoms with van der Waals surface area (Å²) in [5.74, 6) is 0.0293. The van der Waals surface area contributed by atoms with Gasteiger partial charge in [0.2, 0.25) is 5.91 Å². The second-order valence-electron chi connectivity index (χ2n) is 7.36. The maximum atomic E-state index is 12.1. The number of rotatable bonds is 5. The summed E-state index contributed by atoms with van der Waals surface area (Å²) in [4.78, 5) is 24.0. The molecule has 1 aromatic rings. The Balaban J connectivity index is 1.38. The lowest BCUT2D eigenvalue weighted by Crippen LogP contribution is -2.51. The van der Waals surface area contributed by atoms with Crippen molar-refractivity contribution in [2.24, 2.45) is 0 Å². The third-order valence-electron chi connectivity index (χ3n) is 5.05. The normalized spacial score (nSPS) is 18.9. The number of carbonyl (C=O) groups is 2. The Morgan fingerprint density at radius 1 is 1.12 bits per heavy atom. The summed E-state index contributed by atoms with van der Waals surface area (Å²) >= 11 is 0. The van der Waals surface area contributed by atoms with Crippen molar-refractivity contribution in [3.63, 3.8) is 0 Å². The Kier molecular flexibility index (Phi) is 5.07. The molecule has 1 fully saturated rings. The average molecular weight is 329 g/mol. The van der Waals surface area contributed by atoms with E-state index in [1.165, 1.54) is 24.0 Å². The van der Waals surface area contributed by atoms with Gasteiger partial charge in [-0.1, -0.05) is 37.1 Å². The topological polar surface area (TPSA) is 70.2 Å². The molecule has 24 heavy (non-hydrogen) atoms. The van der Waals surface area contributed by atoms with Crippen molar-refractivity contribution >= 4 is 11.9 Å². The van der Waals surface area contributed by atoms with Gasteiger partial charge in [0.1, 0.15) is 0 Å². The van der Waals surface area contributed by atoms with Gasteiger partial charge in [-0.25, -0.2) is 4.79 Å². The molecule has 0 aromatic heterocycles. The van der Waals surface area contributed by atoms with Gasteiger partial charge in [-0.05, 0) is 43.7 Å². The van der Waals surface area contributed by atoms with Crippen LogP contribution in [0, 0.1) is 0 Å². The highest BCUT2D eigenvalue weighted by Gasteiger charge is 2.33. The molecule has 0 unspecified atom stereocenters. The Morgan fingerprint density at radius 2 is 1.75 bits per heavy atom. The number of hydrogen-bond acceptors (Lipinski definition) is 2. The van der Waals surface area contributed by atoms with Crippen LogP contribution in [0.3, 0.4) is 0 Å². The Labute approximate surface area is 143 Å². The largest absolute Gasteiger partial charge is 0.353 e. The van der Waals surface area contributed by atoms with Gasteiger partial charge in [-0.15, -0.1) is 0 Å². The van der Waals surface area contributed by atoms with Crippen molar-refractivity contribution < 1.29 is 9.59 Å². The molecule has 130 valence electrons. The number of benzene rings is 1. The average Bonchev–Trinajstić information content (AvgIpc) is 3.13. The molecule has 0 atom stereocenters. The monoisotopic (exact) mass is 329 g/mol. The number of carbonyl (C=O) groups excluding carboxylic acids is 2. The first-order valence-electron chi connectivity index (χ1n) is 8.96. The van der Waals surface area contributed by atoms with Crippen LogP contribution in [0.4, 0.5) is 4.79 Å². The predicted molar refractivity (Wildman–Crippen MR) is 93.8 cm³/mol. The van der Waals surface area contributed by atoms with Crippen LogP contribution in [0.1, 0.15) is 50.2 Å². The zero-order valence-electron chi connectivity index (χ0n) is 14.4. The first kappa shape index (κ1) is 16.8. The first-order valence-corrected chi connectivity index (χ1v) is 8.96. The van der Waals surface area contributed by atoms with E-state index in [2.05, 4.69) is 35.0 Å². The fourth-order valence-corrected chi connectivity index (χ4v) is 3.87. The summed E-state index contributed by atoms with van der Waals surface area (Å²) in [5, 5.41) is 8.91. The zero-order chi connectivity index (χ0) is 17.0. The molecule has 0 bridgehead atoms. The highest BCUT2D eigenvalue weighted by molar-refractivity contribution is 5.78. The van der Waals surface area contributed by atoms with Crippen molar-refractivity contribution in [1.29, 1.82) is 0 Å². The molecule has 0 radical (unpaired) electrons. The minimum Gasteiger partial charge on any atom is -0.353 e. The standard InChI is InChI=1S/C19H27N3O2/c1-19(12-14-6-2-3-7-15(14)13-19)22-18(24)20-11-10-17(23)21-16-8-4-5-9-16/h2-3,6-7,16H,4-5,8-13H2,1H3,(H,21,23)(H2,20,22,24). The second kappa shape index (κ2) is 7.24. The van der Waals surface area contributed by atoms with Crippen LogP contribution in [0.2, 0.25) is 0 Å². The van der Waals surface area contributed by atoms with E-state index in [4.69, 9.17) is 0 Å². The molecule has 1 aromatic carbocycles. The van der Waals surface area contributed by atoms with Crippen LogP contribution in [-0.4, -0.2) is 30.1 Å².